The summed E-state index contributed by atoms with van der Waals surface area (Å²) in [5, 5.41) is 9.88. The van der Waals surface area contributed by atoms with Crippen LogP contribution in [-0.4, -0.2) is 35.1 Å². The lowest BCUT2D eigenvalue weighted by Crippen LogP contribution is -2.39. The first-order chi connectivity index (χ1) is 17.2. The van der Waals surface area contributed by atoms with Gasteiger partial charge in [0, 0.05) is 18.2 Å². The standard InChI is InChI=1S/C24H17F7N2O4/c25-16-11-13(4-6-17(16)37-24(29,30)31)22(7-9-36-18-2-1-8-33-19(18)22)15-10-12(20(34)23(26,27)28)3-5-14(15)21(32)35/h1-6,8,10-11,20,34H,7,9H2,(H2,32,35)/t20-,22-/m0/s1. The number of hydrogen-bond acceptors (Lipinski definition) is 5. The monoisotopic (exact) mass is 530 g/mol. The number of nitrogens with zero attached hydrogens (tertiary/aromatic N) is 1. The first kappa shape index (κ1) is 26.2. The van der Waals surface area contributed by atoms with Crippen molar-refractivity contribution in [3.63, 3.8) is 0 Å². The molecule has 0 unspecified atom stereocenters. The lowest BCUT2D eigenvalue weighted by atomic mass is 9.66. The Morgan fingerprint density at radius 3 is 2.46 bits per heavy atom. The minimum atomic E-state index is -5.19. The van der Waals surface area contributed by atoms with E-state index in [4.69, 9.17) is 10.5 Å². The van der Waals surface area contributed by atoms with Crippen molar-refractivity contribution >= 4 is 5.91 Å². The van der Waals surface area contributed by atoms with E-state index in [1.165, 1.54) is 18.3 Å². The molecule has 2 atom stereocenters. The molecule has 0 saturated carbocycles. The number of primary amides is 1. The van der Waals surface area contributed by atoms with Crippen molar-refractivity contribution in [3.8, 4) is 11.5 Å². The molecule has 3 N–H and O–H groups in total. The number of carbonyl (C=O) groups is 1. The number of aromatic nitrogens is 1. The van der Waals surface area contributed by atoms with Gasteiger partial charge in [-0.25, -0.2) is 4.39 Å². The molecule has 1 aromatic heterocycles. The maximum absolute atomic E-state index is 14.9. The zero-order chi connectivity index (χ0) is 27.2. The van der Waals surface area contributed by atoms with Crippen molar-refractivity contribution < 1.29 is 50.1 Å². The summed E-state index contributed by atoms with van der Waals surface area (Å²) in [5.41, 5.74) is 2.70. The van der Waals surface area contributed by atoms with Gasteiger partial charge in [-0.2, -0.15) is 13.2 Å². The normalized spacial score (nSPS) is 18.5. The first-order valence-corrected chi connectivity index (χ1v) is 10.6. The van der Waals surface area contributed by atoms with E-state index < -0.39 is 47.1 Å². The van der Waals surface area contributed by atoms with E-state index in [0.717, 1.165) is 24.3 Å². The summed E-state index contributed by atoms with van der Waals surface area (Å²) in [6.45, 7) is -0.0919. The topological polar surface area (TPSA) is 94.7 Å². The molecule has 0 radical (unpaired) electrons. The summed E-state index contributed by atoms with van der Waals surface area (Å²) in [4.78, 5) is 16.6. The molecule has 2 aromatic carbocycles. The molecule has 0 fully saturated rings. The first-order valence-electron chi connectivity index (χ1n) is 10.6. The second-order valence-corrected chi connectivity index (χ2v) is 8.16. The lowest BCUT2D eigenvalue weighted by Gasteiger charge is -2.40. The Kier molecular flexibility index (Phi) is 6.52. The molecule has 3 aromatic rings. The van der Waals surface area contributed by atoms with Gasteiger partial charge in [0.05, 0.1) is 17.7 Å². The van der Waals surface area contributed by atoms with Crippen LogP contribution in [0.4, 0.5) is 30.7 Å². The van der Waals surface area contributed by atoms with Crippen LogP contribution >= 0.6 is 0 Å². The molecule has 13 heteroatoms. The molecule has 0 saturated heterocycles. The number of nitrogens with two attached hydrogens (primary N) is 1. The maximum Gasteiger partial charge on any atom is 0.573 e. The average Bonchev–Trinajstić information content (AvgIpc) is 2.82. The Morgan fingerprint density at radius 1 is 1.11 bits per heavy atom. The van der Waals surface area contributed by atoms with Crippen LogP contribution in [0.5, 0.6) is 11.5 Å². The molecule has 6 nitrogen and oxygen atoms in total. The zero-order valence-electron chi connectivity index (χ0n) is 18.5. The second kappa shape index (κ2) is 9.21. The average molecular weight is 530 g/mol. The molecular formula is C24H17F7N2O4. The van der Waals surface area contributed by atoms with Crippen LogP contribution in [0.1, 0.15) is 45.3 Å². The molecular weight excluding hydrogens is 513 g/mol. The number of ether oxygens (including phenoxy) is 2. The van der Waals surface area contributed by atoms with E-state index in [1.54, 1.807) is 0 Å². The van der Waals surface area contributed by atoms with Gasteiger partial charge in [0.15, 0.2) is 17.7 Å². The van der Waals surface area contributed by atoms with Crippen molar-refractivity contribution in [2.24, 2.45) is 5.73 Å². The highest BCUT2D eigenvalue weighted by Crippen LogP contribution is 2.50. The number of carbonyl (C=O) groups excluding carboxylic acids is 1. The van der Waals surface area contributed by atoms with Gasteiger partial charge in [0.2, 0.25) is 5.91 Å². The van der Waals surface area contributed by atoms with Crippen LogP contribution < -0.4 is 15.2 Å². The molecule has 1 amide bonds. The third-order valence-corrected chi connectivity index (χ3v) is 5.95. The summed E-state index contributed by atoms with van der Waals surface area (Å²) in [7, 11) is 0. The molecule has 0 bridgehead atoms. The molecule has 37 heavy (non-hydrogen) atoms. The molecule has 1 aliphatic heterocycles. The fraction of sp³-hybridized carbons (Fsp3) is 0.250. The molecule has 1 aliphatic rings. The molecule has 2 heterocycles. The van der Waals surface area contributed by atoms with Crippen LogP contribution in [-0.2, 0) is 5.41 Å². The fourth-order valence-electron chi connectivity index (χ4n) is 4.42. The molecule has 0 spiro atoms. The summed E-state index contributed by atoms with van der Waals surface area (Å²) < 4.78 is 102. The van der Waals surface area contributed by atoms with E-state index in [0.29, 0.717) is 12.1 Å². The maximum atomic E-state index is 14.9. The Hall–Kier alpha value is -3.87. The van der Waals surface area contributed by atoms with Crippen LogP contribution in [0.3, 0.4) is 0 Å². The summed E-state index contributed by atoms with van der Waals surface area (Å²) in [6.07, 6.45) is -12.0. The Morgan fingerprint density at radius 2 is 1.84 bits per heavy atom. The number of benzene rings is 2. The number of amides is 1. The van der Waals surface area contributed by atoms with Gasteiger partial charge in [-0.15, -0.1) is 13.2 Å². The lowest BCUT2D eigenvalue weighted by molar-refractivity contribution is -0.275. The van der Waals surface area contributed by atoms with Gasteiger partial charge in [0.1, 0.15) is 5.75 Å². The highest BCUT2D eigenvalue weighted by Gasteiger charge is 2.47. The predicted octanol–water partition coefficient (Wildman–Crippen LogP) is 4.93. The van der Waals surface area contributed by atoms with Crippen molar-refractivity contribution in [3.05, 3.63) is 88.5 Å². The minimum absolute atomic E-state index is 0.0475. The third kappa shape index (κ3) is 4.90. The van der Waals surface area contributed by atoms with Gasteiger partial charge < -0.3 is 20.3 Å². The number of pyridine rings is 1. The number of hydrogen-bond donors (Lipinski definition) is 2. The number of alkyl halides is 6. The molecule has 0 aliphatic carbocycles. The largest absolute Gasteiger partial charge is 0.573 e. The number of aliphatic hydroxyl groups is 1. The summed E-state index contributed by atoms with van der Waals surface area (Å²) in [5.74, 6) is -3.48. The van der Waals surface area contributed by atoms with Crippen molar-refractivity contribution in [2.45, 2.75) is 30.5 Å². The fourth-order valence-corrected chi connectivity index (χ4v) is 4.42. The van der Waals surface area contributed by atoms with Crippen molar-refractivity contribution in [1.82, 2.24) is 4.98 Å². The SMILES string of the molecule is NC(=O)c1ccc([C@H](O)C(F)(F)F)cc1[C@@]1(c2ccc(OC(F)(F)F)c(F)c2)CCOc2cccnc21. The molecule has 196 valence electrons. The van der Waals surface area contributed by atoms with Gasteiger partial charge >= 0.3 is 12.5 Å². The minimum Gasteiger partial charge on any atom is -0.492 e. The third-order valence-electron chi connectivity index (χ3n) is 5.95. The second-order valence-electron chi connectivity index (χ2n) is 8.16. The number of halogens is 7. The van der Waals surface area contributed by atoms with E-state index in [1.807, 2.05) is 0 Å². The van der Waals surface area contributed by atoms with E-state index in [2.05, 4.69) is 9.72 Å². The van der Waals surface area contributed by atoms with Crippen LogP contribution in [0, 0.1) is 5.82 Å². The zero-order valence-corrected chi connectivity index (χ0v) is 18.5. The number of rotatable bonds is 5. The van der Waals surface area contributed by atoms with Crippen molar-refractivity contribution in [1.29, 1.82) is 0 Å². The van der Waals surface area contributed by atoms with Crippen LogP contribution in [0.2, 0.25) is 0 Å². The van der Waals surface area contributed by atoms with Gasteiger partial charge in [-0.3, -0.25) is 9.78 Å². The van der Waals surface area contributed by atoms with Crippen LogP contribution in [0.25, 0.3) is 0 Å². The van der Waals surface area contributed by atoms with Gasteiger partial charge in [0.25, 0.3) is 0 Å². The molecule has 4 rings (SSSR count). The highest BCUT2D eigenvalue weighted by molar-refractivity contribution is 5.95. The van der Waals surface area contributed by atoms with Gasteiger partial charge in [-0.05, 0) is 47.0 Å². The smallest absolute Gasteiger partial charge is 0.492 e. The summed E-state index contributed by atoms with van der Waals surface area (Å²) in [6, 6.07) is 8.22. The van der Waals surface area contributed by atoms with Crippen molar-refractivity contribution in [2.75, 3.05) is 6.61 Å². The Labute approximate surface area is 204 Å². The Balaban J connectivity index is 2.04. The van der Waals surface area contributed by atoms with E-state index >= 15 is 0 Å². The highest BCUT2D eigenvalue weighted by atomic mass is 19.4. The quantitative estimate of drug-likeness (QED) is 0.457. The summed E-state index contributed by atoms with van der Waals surface area (Å²) >= 11 is 0. The number of aliphatic hydroxyl groups excluding tert-OH is 1. The van der Waals surface area contributed by atoms with Crippen LogP contribution in [0.15, 0.2) is 54.7 Å². The Bertz CT molecular complexity index is 1340. The van der Waals surface area contributed by atoms with E-state index in [-0.39, 0.29) is 41.2 Å². The number of fused-ring (bicyclic) bond motifs is 1. The van der Waals surface area contributed by atoms with Gasteiger partial charge in [-0.1, -0.05) is 18.2 Å². The van der Waals surface area contributed by atoms with E-state index in [9.17, 15) is 40.6 Å². The predicted molar refractivity (Wildman–Crippen MR) is 113 cm³/mol.